The molecule has 0 aliphatic carbocycles. The summed E-state index contributed by atoms with van der Waals surface area (Å²) in [7, 11) is 0. The molecule has 0 aliphatic heterocycles. The van der Waals surface area contributed by atoms with E-state index in [-0.39, 0.29) is 0 Å². The molecule has 0 spiro atoms. The van der Waals surface area contributed by atoms with Gasteiger partial charge >= 0.3 is 0 Å². The highest BCUT2D eigenvalue weighted by Crippen LogP contribution is 2.07. The van der Waals surface area contributed by atoms with Gasteiger partial charge in [0.05, 0.1) is 0 Å². The molecule has 0 radical (unpaired) electrons. The minimum Gasteiger partial charge on any atom is -0.444 e. The summed E-state index contributed by atoms with van der Waals surface area (Å²) in [6.45, 7) is 11.1. The number of nitrogens with zero attached hydrogens (tertiary/aromatic N) is 1. The second kappa shape index (κ2) is 5.47. The smallest absolute Gasteiger partial charge is 0.181 e. The van der Waals surface area contributed by atoms with Gasteiger partial charge in [-0.2, -0.15) is 0 Å². The van der Waals surface area contributed by atoms with Gasteiger partial charge < -0.3 is 4.42 Å². The molecule has 1 aromatic rings. The minimum atomic E-state index is 0.671. The second-order valence-corrected chi connectivity index (χ2v) is 1.51. The van der Waals surface area contributed by atoms with E-state index in [9.17, 15) is 0 Å². The van der Waals surface area contributed by atoms with E-state index in [1.165, 1.54) is 6.39 Å². The molecule has 0 saturated heterocycles. The van der Waals surface area contributed by atoms with Crippen molar-refractivity contribution >= 4 is 12.2 Å². The van der Waals surface area contributed by atoms with E-state index in [0.29, 0.717) is 5.76 Å². The van der Waals surface area contributed by atoms with Crippen LogP contribution in [0.2, 0.25) is 0 Å². The highest BCUT2D eigenvalue weighted by molar-refractivity contribution is 5.55. The summed E-state index contributed by atoms with van der Waals surface area (Å²) in [5.74, 6) is 0.671. The van der Waals surface area contributed by atoms with Crippen LogP contribution < -0.4 is 0 Å². The molecule has 1 heterocycles. The van der Waals surface area contributed by atoms with E-state index in [1.54, 1.807) is 12.2 Å². The van der Waals surface area contributed by atoms with Crippen LogP contribution in [0, 0.1) is 0 Å². The minimum absolute atomic E-state index is 0.671. The van der Waals surface area contributed by atoms with Crippen molar-refractivity contribution in [3.63, 3.8) is 0 Å². The highest BCUT2D eigenvalue weighted by Gasteiger charge is 1.96. The highest BCUT2D eigenvalue weighted by atomic mass is 16.3. The summed E-state index contributed by atoms with van der Waals surface area (Å²) in [4.78, 5) is 3.85. The third-order valence-electron chi connectivity index (χ3n) is 1.00. The monoisotopic (exact) mass is 151 g/mol. The van der Waals surface area contributed by atoms with E-state index in [1.807, 2.05) is 13.8 Å². The van der Waals surface area contributed by atoms with E-state index in [4.69, 9.17) is 4.42 Å². The van der Waals surface area contributed by atoms with Crippen molar-refractivity contribution in [2.24, 2.45) is 0 Å². The molecule has 0 bridgehead atoms. The van der Waals surface area contributed by atoms with Gasteiger partial charge in [-0.15, -0.1) is 0 Å². The van der Waals surface area contributed by atoms with Gasteiger partial charge in [-0.3, -0.25) is 0 Å². The third kappa shape index (κ3) is 2.42. The Morgan fingerprint density at radius 3 is 2.36 bits per heavy atom. The molecule has 0 fully saturated rings. The molecule has 1 rings (SSSR count). The van der Waals surface area contributed by atoms with Crippen LogP contribution in [0.4, 0.5) is 0 Å². The molecular weight excluding hydrogens is 138 g/mol. The number of oxazole rings is 1. The topological polar surface area (TPSA) is 26.0 Å². The Bertz CT molecular complexity index is 203. The van der Waals surface area contributed by atoms with Crippen LogP contribution in [-0.4, -0.2) is 4.98 Å². The molecule has 0 atom stereocenters. The first-order valence-corrected chi connectivity index (χ1v) is 3.57. The SMILES string of the molecule is C=Cc1ncoc1C=C.CC. The molecular formula is C9H13NO. The zero-order chi connectivity index (χ0) is 8.69. The van der Waals surface area contributed by atoms with Gasteiger partial charge in [0.2, 0.25) is 0 Å². The van der Waals surface area contributed by atoms with Crippen LogP contribution in [-0.2, 0) is 0 Å². The van der Waals surface area contributed by atoms with Crippen molar-refractivity contribution in [3.05, 3.63) is 31.0 Å². The maximum Gasteiger partial charge on any atom is 0.181 e. The number of hydrogen-bond donors (Lipinski definition) is 0. The molecule has 0 N–H and O–H groups in total. The first kappa shape index (κ1) is 9.69. The van der Waals surface area contributed by atoms with Crippen molar-refractivity contribution in [2.75, 3.05) is 0 Å². The summed E-state index contributed by atoms with van der Waals surface area (Å²) in [6.07, 6.45) is 4.60. The van der Waals surface area contributed by atoms with Gasteiger partial charge in [-0.25, -0.2) is 4.98 Å². The molecule has 0 aromatic carbocycles. The zero-order valence-corrected chi connectivity index (χ0v) is 7.00. The van der Waals surface area contributed by atoms with Crippen LogP contribution >= 0.6 is 0 Å². The average molecular weight is 151 g/mol. The van der Waals surface area contributed by atoms with Crippen molar-refractivity contribution in [1.82, 2.24) is 4.98 Å². The normalized spacial score (nSPS) is 7.82. The maximum absolute atomic E-state index is 4.90. The zero-order valence-electron chi connectivity index (χ0n) is 7.00. The van der Waals surface area contributed by atoms with Crippen molar-refractivity contribution in [3.8, 4) is 0 Å². The third-order valence-corrected chi connectivity index (χ3v) is 1.00. The number of rotatable bonds is 2. The molecule has 0 amide bonds. The fourth-order valence-electron chi connectivity index (χ4n) is 0.570. The molecule has 0 saturated carbocycles. The van der Waals surface area contributed by atoms with Crippen LogP contribution in [0.25, 0.3) is 12.2 Å². The van der Waals surface area contributed by atoms with Gasteiger partial charge in [0.25, 0.3) is 0 Å². The van der Waals surface area contributed by atoms with Gasteiger partial charge in [0.1, 0.15) is 5.69 Å². The van der Waals surface area contributed by atoms with Gasteiger partial charge in [-0.05, 0) is 12.2 Å². The van der Waals surface area contributed by atoms with Gasteiger partial charge in [0, 0.05) is 0 Å². The average Bonchev–Trinajstić information content (AvgIpc) is 2.54. The molecule has 0 aliphatic rings. The first-order chi connectivity index (χ1) is 5.38. The number of aromatic nitrogens is 1. The molecule has 2 nitrogen and oxygen atoms in total. The van der Waals surface area contributed by atoms with E-state index < -0.39 is 0 Å². The summed E-state index contributed by atoms with van der Waals surface area (Å²) in [5.41, 5.74) is 0.741. The summed E-state index contributed by atoms with van der Waals surface area (Å²) in [6, 6.07) is 0. The number of hydrogen-bond acceptors (Lipinski definition) is 2. The summed E-state index contributed by atoms with van der Waals surface area (Å²) >= 11 is 0. The predicted octanol–water partition coefficient (Wildman–Crippen LogP) is 2.99. The predicted molar refractivity (Wildman–Crippen MR) is 48.0 cm³/mol. The van der Waals surface area contributed by atoms with Crippen LogP contribution in [0.5, 0.6) is 0 Å². The molecule has 60 valence electrons. The molecule has 2 heteroatoms. The Morgan fingerprint density at radius 2 is 2.00 bits per heavy atom. The Balaban J connectivity index is 0.000000461. The van der Waals surface area contributed by atoms with Gasteiger partial charge in [-0.1, -0.05) is 27.0 Å². The summed E-state index contributed by atoms with van der Waals surface area (Å²) < 4.78 is 4.90. The lowest BCUT2D eigenvalue weighted by molar-refractivity contribution is 0.548. The second-order valence-electron chi connectivity index (χ2n) is 1.51. The Labute approximate surface area is 67.3 Å². The van der Waals surface area contributed by atoms with Crippen LogP contribution in [0.15, 0.2) is 24.0 Å². The van der Waals surface area contributed by atoms with Crippen LogP contribution in [0.3, 0.4) is 0 Å². The van der Waals surface area contributed by atoms with Crippen LogP contribution in [0.1, 0.15) is 25.3 Å². The van der Waals surface area contributed by atoms with E-state index >= 15 is 0 Å². The van der Waals surface area contributed by atoms with Crippen molar-refractivity contribution in [1.29, 1.82) is 0 Å². The fraction of sp³-hybridized carbons (Fsp3) is 0.222. The van der Waals surface area contributed by atoms with E-state index in [0.717, 1.165) is 5.69 Å². The lowest BCUT2D eigenvalue weighted by Crippen LogP contribution is -1.70. The maximum atomic E-state index is 4.90. The molecule has 1 aromatic heterocycles. The lowest BCUT2D eigenvalue weighted by Gasteiger charge is -1.81. The Morgan fingerprint density at radius 1 is 1.36 bits per heavy atom. The summed E-state index contributed by atoms with van der Waals surface area (Å²) in [5, 5.41) is 0. The quantitative estimate of drug-likeness (QED) is 0.649. The van der Waals surface area contributed by atoms with E-state index in [2.05, 4.69) is 18.1 Å². The van der Waals surface area contributed by atoms with Crippen molar-refractivity contribution < 1.29 is 4.42 Å². The Hall–Kier alpha value is -1.31. The molecule has 0 unspecified atom stereocenters. The van der Waals surface area contributed by atoms with Gasteiger partial charge in [0.15, 0.2) is 12.2 Å². The largest absolute Gasteiger partial charge is 0.444 e. The lowest BCUT2D eigenvalue weighted by atomic mass is 10.3. The first-order valence-electron chi connectivity index (χ1n) is 3.57. The Kier molecular flexibility index (Phi) is 4.82. The fourth-order valence-corrected chi connectivity index (χ4v) is 0.570. The van der Waals surface area contributed by atoms with Crippen molar-refractivity contribution in [2.45, 2.75) is 13.8 Å². The standard InChI is InChI=1S/C7H7NO.C2H6/c1-3-6-7(4-2)9-5-8-6;1-2/h3-5H,1-2H2;1-2H3. The molecule has 11 heavy (non-hydrogen) atoms.